The molecule has 1 amide bonds. The molecule has 154 valence electrons. The molecule has 2 aromatic carbocycles. The molecule has 0 aliphatic carbocycles. The van der Waals surface area contributed by atoms with E-state index in [1.165, 1.54) is 17.7 Å². The lowest BCUT2D eigenvalue weighted by molar-refractivity contribution is 0.0937. The lowest BCUT2D eigenvalue weighted by Crippen LogP contribution is -2.37. The summed E-state index contributed by atoms with van der Waals surface area (Å²) in [7, 11) is 1.59. The molecule has 1 aliphatic rings. The van der Waals surface area contributed by atoms with Crippen LogP contribution in [0.25, 0.3) is 11.1 Å². The van der Waals surface area contributed by atoms with Crippen LogP contribution in [0.2, 0.25) is 0 Å². The molecular weight excluding hydrogens is 381 g/mol. The van der Waals surface area contributed by atoms with Crippen LogP contribution >= 0.6 is 0 Å². The number of halogens is 1. The van der Waals surface area contributed by atoms with Crippen molar-refractivity contribution in [1.29, 1.82) is 0 Å². The number of aromatic nitrogens is 1. The Morgan fingerprint density at radius 3 is 2.80 bits per heavy atom. The summed E-state index contributed by atoms with van der Waals surface area (Å²) in [6.07, 6.45) is 4.16. The highest BCUT2D eigenvalue weighted by molar-refractivity contribution is 5.94. The Balaban J connectivity index is 1.35. The molecule has 30 heavy (non-hydrogen) atoms. The predicted octanol–water partition coefficient (Wildman–Crippen LogP) is 3.90. The average molecular weight is 405 g/mol. The van der Waals surface area contributed by atoms with E-state index in [-0.39, 0.29) is 17.8 Å². The maximum Gasteiger partial charge on any atom is 0.253 e. The van der Waals surface area contributed by atoms with Crippen LogP contribution in [0.1, 0.15) is 22.3 Å². The van der Waals surface area contributed by atoms with E-state index in [1.54, 1.807) is 37.7 Å². The quantitative estimate of drug-likeness (QED) is 0.676. The second kappa shape index (κ2) is 9.05. The Morgan fingerprint density at radius 2 is 2.07 bits per heavy atom. The summed E-state index contributed by atoms with van der Waals surface area (Å²) in [5.74, 6) is 0.283. The number of rotatable bonds is 6. The maximum absolute atomic E-state index is 13.7. The SMILES string of the molecule is COc1ccc(F)cc1-c1ccc(CN2CCC(NC(=O)c3cccnc3)C2)cc1. The van der Waals surface area contributed by atoms with Gasteiger partial charge in [0.15, 0.2) is 0 Å². The first-order valence-electron chi connectivity index (χ1n) is 9.98. The minimum atomic E-state index is -0.286. The normalized spacial score (nSPS) is 16.4. The summed E-state index contributed by atoms with van der Waals surface area (Å²) in [4.78, 5) is 18.6. The van der Waals surface area contributed by atoms with E-state index < -0.39 is 0 Å². The van der Waals surface area contributed by atoms with Crippen molar-refractivity contribution in [1.82, 2.24) is 15.2 Å². The molecule has 3 aromatic rings. The van der Waals surface area contributed by atoms with Gasteiger partial charge >= 0.3 is 0 Å². The van der Waals surface area contributed by atoms with Gasteiger partial charge in [-0.1, -0.05) is 24.3 Å². The smallest absolute Gasteiger partial charge is 0.253 e. The van der Waals surface area contributed by atoms with E-state index in [9.17, 15) is 9.18 Å². The fourth-order valence-corrected chi connectivity index (χ4v) is 3.81. The number of nitrogens with one attached hydrogen (secondary N) is 1. The number of methoxy groups -OCH3 is 1. The molecule has 0 saturated carbocycles. The maximum atomic E-state index is 13.7. The van der Waals surface area contributed by atoms with E-state index in [0.29, 0.717) is 11.3 Å². The molecule has 1 aliphatic heterocycles. The van der Waals surface area contributed by atoms with Crippen molar-refractivity contribution in [2.75, 3.05) is 20.2 Å². The van der Waals surface area contributed by atoms with E-state index >= 15 is 0 Å². The Labute approximate surface area is 175 Å². The van der Waals surface area contributed by atoms with E-state index in [1.807, 2.05) is 12.1 Å². The molecule has 1 fully saturated rings. The Hall–Kier alpha value is -3.25. The highest BCUT2D eigenvalue weighted by Gasteiger charge is 2.24. The van der Waals surface area contributed by atoms with Gasteiger partial charge in [-0.05, 0) is 47.9 Å². The summed E-state index contributed by atoms with van der Waals surface area (Å²) in [5, 5.41) is 3.09. The minimum absolute atomic E-state index is 0.0802. The first-order chi connectivity index (χ1) is 14.6. The van der Waals surface area contributed by atoms with Crippen LogP contribution in [-0.2, 0) is 6.54 Å². The lowest BCUT2D eigenvalue weighted by Gasteiger charge is -2.17. The molecule has 2 heterocycles. The molecule has 1 atom stereocenters. The number of hydrogen-bond donors (Lipinski definition) is 1. The van der Waals surface area contributed by atoms with E-state index in [2.05, 4.69) is 27.3 Å². The summed E-state index contributed by atoms with van der Waals surface area (Å²) in [6.45, 7) is 2.54. The van der Waals surface area contributed by atoms with Gasteiger partial charge in [-0.25, -0.2) is 4.39 Å². The van der Waals surface area contributed by atoms with Crippen molar-refractivity contribution >= 4 is 5.91 Å². The summed E-state index contributed by atoms with van der Waals surface area (Å²) in [5.41, 5.74) is 3.41. The summed E-state index contributed by atoms with van der Waals surface area (Å²) >= 11 is 0. The van der Waals surface area contributed by atoms with Crippen molar-refractivity contribution < 1.29 is 13.9 Å². The number of carbonyl (C=O) groups excluding carboxylic acids is 1. The van der Waals surface area contributed by atoms with Crippen LogP contribution in [0, 0.1) is 5.82 Å². The van der Waals surface area contributed by atoms with Crippen LogP contribution < -0.4 is 10.1 Å². The number of nitrogens with zero attached hydrogens (tertiary/aromatic N) is 2. The molecule has 5 nitrogen and oxygen atoms in total. The Kier molecular flexibility index (Phi) is 6.05. The van der Waals surface area contributed by atoms with Crippen molar-refractivity contribution in [2.45, 2.75) is 19.0 Å². The summed E-state index contributed by atoms with van der Waals surface area (Å²) in [6, 6.07) is 16.3. The van der Waals surface area contributed by atoms with E-state index in [4.69, 9.17) is 4.74 Å². The zero-order valence-corrected chi connectivity index (χ0v) is 16.8. The number of likely N-dealkylation sites (tertiary alicyclic amines) is 1. The third-order valence-corrected chi connectivity index (χ3v) is 5.36. The molecule has 0 radical (unpaired) electrons. The van der Waals surface area contributed by atoms with Crippen molar-refractivity contribution in [3.63, 3.8) is 0 Å². The van der Waals surface area contributed by atoms with Gasteiger partial charge in [-0.2, -0.15) is 0 Å². The van der Waals surface area contributed by atoms with Gasteiger partial charge in [0.1, 0.15) is 11.6 Å². The number of pyridine rings is 1. The fourth-order valence-electron chi connectivity index (χ4n) is 3.81. The third-order valence-electron chi connectivity index (χ3n) is 5.36. The molecule has 1 N–H and O–H groups in total. The van der Waals surface area contributed by atoms with Crippen LogP contribution in [0.15, 0.2) is 67.0 Å². The molecule has 1 saturated heterocycles. The fraction of sp³-hybridized carbons (Fsp3) is 0.250. The molecule has 4 rings (SSSR count). The van der Waals surface area contributed by atoms with E-state index in [0.717, 1.165) is 37.2 Å². The van der Waals surface area contributed by atoms with Gasteiger partial charge in [-0.3, -0.25) is 14.7 Å². The van der Waals surface area contributed by atoms with Crippen LogP contribution in [-0.4, -0.2) is 42.0 Å². The van der Waals surface area contributed by atoms with Crippen molar-refractivity contribution in [2.24, 2.45) is 0 Å². The van der Waals surface area contributed by atoms with Gasteiger partial charge in [0, 0.05) is 43.6 Å². The minimum Gasteiger partial charge on any atom is -0.496 e. The molecule has 6 heteroatoms. The zero-order chi connectivity index (χ0) is 20.9. The van der Waals surface area contributed by atoms with Gasteiger partial charge in [0.25, 0.3) is 5.91 Å². The molecule has 0 bridgehead atoms. The molecular formula is C24H24FN3O2. The van der Waals surface area contributed by atoms with Crippen LogP contribution in [0.5, 0.6) is 5.75 Å². The number of amides is 1. The van der Waals surface area contributed by atoms with Crippen LogP contribution in [0.3, 0.4) is 0 Å². The monoisotopic (exact) mass is 405 g/mol. The number of ether oxygens (including phenoxy) is 1. The molecule has 1 unspecified atom stereocenters. The highest BCUT2D eigenvalue weighted by Crippen LogP contribution is 2.31. The van der Waals surface area contributed by atoms with Gasteiger partial charge in [0.05, 0.1) is 12.7 Å². The molecule has 1 aromatic heterocycles. The number of benzene rings is 2. The number of hydrogen-bond acceptors (Lipinski definition) is 4. The predicted molar refractivity (Wildman–Crippen MR) is 114 cm³/mol. The second-order valence-electron chi connectivity index (χ2n) is 7.48. The van der Waals surface area contributed by atoms with Gasteiger partial charge in [-0.15, -0.1) is 0 Å². The largest absolute Gasteiger partial charge is 0.496 e. The van der Waals surface area contributed by atoms with Crippen molar-refractivity contribution in [3.05, 3.63) is 83.9 Å². The summed E-state index contributed by atoms with van der Waals surface area (Å²) < 4.78 is 19.0. The average Bonchev–Trinajstić information content (AvgIpc) is 3.21. The Bertz CT molecular complexity index is 1010. The van der Waals surface area contributed by atoms with Crippen LogP contribution in [0.4, 0.5) is 4.39 Å². The Morgan fingerprint density at radius 1 is 1.23 bits per heavy atom. The zero-order valence-electron chi connectivity index (χ0n) is 16.8. The topological polar surface area (TPSA) is 54.5 Å². The molecule has 0 spiro atoms. The number of carbonyl (C=O) groups is 1. The standard InChI is InChI=1S/C24H24FN3O2/c1-30-23-9-8-20(25)13-22(23)18-6-4-17(5-7-18)15-28-12-10-21(16-28)27-24(29)19-3-2-11-26-14-19/h2-9,11,13-14,21H,10,12,15-16H2,1H3,(H,27,29). The lowest BCUT2D eigenvalue weighted by atomic mass is 10.0. The first kappa shape index (κ1) is 20.0. The first-order valence-corrected chi connectivity index (χ1v) is 9.98. The third kappa shape index (κ3) is 4.66. The van der Waals surface area contributed by atoms with Gasteiger partial charge in [0.2, 0.25) is 0 Å². The highest BCUT2D eigenvalue weighted by atomic mass is 19.1. The second-order valence-corrected chi connectivity index (χ2v) is 7.48. The van der Waals surface area contributed by atoms with Gasteiger partial charge < -0.3 is 10.1 Å². The van der Waals surface area contributed by atoms with Crippen molar-refractivity contribution in [3.8, 4) is 16.9 Å².